The van der Waals surface area contributed by atoms with E-state index in [0.717, 1.165) is 12.8 Å². The van der Waals surface area contributed by atoms with E-state index in [4.69, 9.17) is 4.74 Å². The third kappa shape index (κ3) is 2.58. The van der Waals surface area contributed by atoms with Crippen molar-refractivity contribution in [1.82, 2.24) is 0 Å². The van der Waals surface area contributed by atoms with Crippen molar-refractivity contribution in [1.29, 1.82) is 0 Å². The van der Waals surface area contributed by atoms with E-state index in [1.807, 2.05) is 6.08 Å². The lowest BCUT2D eigenvalue weighted by Crippen LogP contribution is -2.29. The lowest BCUT2D eigenvalue weighted by molar-refractivity contribution is -0.142. The van der Waals surface area contributed by atoms with Gasteiger partial charge in [-0.1, -0.05) is 32.8 Å². The molecule has 13 heavy (non-hydrogen) atoms. The summed E-state index contributed by atoms with van der Waals surface area (Å²) < 4.78 is 5.06. The topological polar surface area (TPSA) is 26.3 Å². The maximum Gasteiger partial charge on any atom is 0.330 e. The molecule has 0 spiro atoms. The zero-order valence-electron chi connectivity index (χ0n) is 8.51. The summed E-state index contributed by atoms with van der Waals surface area (Å²) in [6.45, 7) is 4.90. The second-order valence-corrected chi connectivity index (χ2v) is 3.76. The minimum Gasteiger partial charge on any atom is -0.462 e. The third-order valence-corrected chi connectivity index (χ3v) is 2.81. The molecule has 1 aliphatic rings. The van der Waals surface area contributed by atoms with Crippen LogP contribution in [-0.2, 0) is 9.53 Å². The molecule has 0 saturated heterocycles. The minimum absolute atomic E-state index is 0.129. The normalized spacial score (nSPS) is 27.4. The van der Waals surface area contributed by atoms with Crippen molar-refractivity contribution >= 4 is 5.97 Å². The summed E-state index contributed by atoms with van der Waals surface area (Å²) in [5.41, 5.74) is 0.129. The fourth-order valence-electron chi connectivity index (χ4n) is 1.64. The van der Waals surface area contributed by atoms with Crippen LogP contribution in [-0.4, -0.2) is 12.6 Å². The summed E-state index contributed by atoms with van der Waals surface area (Å²) in [5.74, 6) is -0.194. The van der Waals surface area contributed by atoms with Crippen molar-refractivity contribution in [3.8, 4) is 0 Å². The SMILES string of the molecule is CCCCC1(CC)C=CC(=O)OC1. The zero-order chi connectivity index (χ0) is 9.73. The highest BCUT2D eigenvalue weighted by Crippen LogP contribution is 2.33. The van der Waals surface area contributed by atoms with Crippen LogP contribution >= 0.6 is 0 Å². The Kier molecular flexibility index (Phi) is 3.52. The van der Waals surface area contributed by atoms with Crippen LogP contribution < -0.4 is 0 Å². The highest BCUT2D eigenvalue weighted by atomic mass is 16.5. The first kappa shape index (κ1) is 10.3. The smallest absolute Gasteiger partial charge is 0.330 e. The molecule has 74 valence electrons. The maximum absolute atomic E-state index is 10.8. The number of hydrogen-bond acceptors (Lipinski definition) is 2. The van der Waals surface area contributed by atoms with E-state index in [1.54, 1.807) is 6.08 Å². The van der Waals surface area contributed by atoms with Gasteiger partial charge in [0.05, 0.1) is 0 Å². The zero-order valence-corrected chi connectivity index (χ0v) is 8.51. The van der Waals surface area contributed by atoms with Crippen molar-refractivity contribution in [2.45, 2.75) is 39.5 Å². The molecule has 0 fully saturated rings. The van der Waals surface area contributed by atoms with Gasteiger partial charge < -0.3 is 4.74 Å². The van der Waals surface area contributed by atoms with Crippen LogP contribution in [0.15, 0.2) is 12.2 Å². The van der Waals surface area contributed by atoms with E-state index in [-0.39, 0.29) is 11.4 Å². The van der Waals surface area contributed by atoms with Crippen LogP contribution in [0, 0.1) is 5.41 Å². The lowest BCUT2D eigenvalue weighted by atomic mass is 9.80. The number of cyclic esters (lactones) is 1. The van der Waals surface area contributed by atoms with Crippen LogP contribution in [0.3, 0.4) is 0 Å². The Morgan fingerprint density at radius 1 is 1.54 bits per heavy atom. The second kappa shape index (κ2) is 4.45. The Morgan fingerprint density at radius 3 is 2.77 bits per heavy atom. The number of unbranched alkanes of at least 4 members (excludes halogenated alkanes) is 1. The molecule has 1 atom stereocenters. The second-order valence-electron chi connectivity index (χ2n) is 3.76. The number of esters is 1. The monoisotopic (exact) mass is 182 g/mol. The van der Waals surface area contributed by atoms with Crippen molar-refractivity contribution < 1.29 is 9.53 Å². The number of ether oxygens (including phenoxy) is 1. The van der Waals surface area contributed by atoms with Gasteiger partial charge in [-0.3, -0.25) is 0 Å². The quantitative estimate of drug-likeness (QED) is 0.625. The van der Waals surface area contributed by atoms with Gasteiger partial charge in [-0.2, -0.15) is 0 Å². The van der Waals surface area contributed by atoms with Gasteiger partial charge in [-0.05, 0) is 12.8 Å². The van der Waals surface area contributed by atoms with Gasteiger partial charge in [0.2, 0.25) is 0 Å². The predicted molar refractivity (Wildman–Crippen MR) is 52.3 cm³/mol. The van der Waals surface area contributed by atoms with Gasteiger partial charge in [0.25, 0.3) is 0 Å². The summed E-state index contributed by atoms with van der Waals surface area (Å²) in [4.78, 5) is 10.8. The Morgan fingerprint density at radius 2 is 2.31 bits per heavy atom. The van der Waals surface area contributed by atoms with Crippen LogP contribution in [0.4, 0.5) is 0 Å². The van der Waals surface area contributed by atoms with Gasteiger partial charge in [0.15, 0.2) is 0 Å². The predicted octanol–water partition coefficient (Wildman–Crippen LogP) is 2.69. The first-order chi connectivity index (χ1) is 6.22. The Hall–Kier alpha value is -0.790. The van der Waals surface area contributed by atoms with E-state index >= 15 is 0 Å². The molecule has 1 heterocycles. The molecule has 0 aromatic heterocycles. The first-order valence-electron chi connectivity index (χ1n) is 5.08. The molecule has 2 nitrogen and oxygen atoms in total. The van der Waals surface area contributed by atoms with Crippen molar-refractivity contribution in [2.75, 3.05) is 6.61 Å². The molecule has 0 N–H and O–H groups in total. The molecular formula is C11H18O2. The Bertz CT molecular complexity index is 208. The first-order valence-corrected chi connectivity index (χ1v) is 5.08. The molecule has 1 unspecified atom stereocenters. The van der Waals surface area contributed by atoms with E-state index in [1.165, 1.54) is 12.8 Å². The minimum atomic E-state index is -0.194. The Balaban J connectivity index is 2.59. The fourth-order valence-corrected chi connectivity index (χ4v) is 1.64. The van der Waals surface area contributed by atoms with Gasteiger partial charge in [-0.25, -0.2) is 4.79 Å². The van der Waals surface area contributed by atoms with Crippen LogP contribution in [0.1, 0.15) is 39.5 Å². The van der Waals surface area contributed by atoms with Gasteiger partial charge in [-0.15, -0.1) is 0 Å². The summed E-state index contributed by atoms with van der Waals surface area (Å²) >= 11 is 0. The fraction of sp³-hybridized carbons (Fsp3) is 0.727. The largest absolute Gasteiger partial charge is 0.462 e. The van der Waals surface area contributed by atoms with Gasteiger partial charge >= 0.3 is 5.97 Å². The van der Waals surface area contributed by atoms with E-state index in [0.29, 0.717) is 6.61 Å². The number of hydrogen-bond donors (Lipinski definition) is 0. The van der Waals surface area contributed by atoms with Crippen LogP contribution in [0.25, 0.3) is 0 Å². The molecular weight excluding hydrogens is 164 g/mol. The van der Waals surface area contributed by atoms with E-state index in [9.17, 15) is 4.79 Å². The van der Waals surface area contributed by atoms with E-state index in [2.05, 4.69) is 13.8 Å². The number of carbonyl (C=O) groups excluding carboxylic acids is 1. The van der Waals surface area contributed by atoms with Crippen molar-refractivity contribution in [3.05, 3.63) is 12.2 Å². The molecule has 1 aliphatic heterocycles. The molecule has 0 saturated carbocycles. The Labute approximate surface area is 80.0 Å². The number of carbonyl (C=O) groups is 1. The summed E-state index contributed by atoms with van der Waals surface area (Å²) in [6, 6.07) is 0. The molecule has 0 bridgehead atoms. The highest BCUT2D eigenvalue weighted by Gasteiger charge is 2.29. The third-order valence-electron chi connectivity index (χ3n) is 2.81. The van der Waals surface area contributed by atoms with Crippen LogP contribution in [0.5, 0.6) is 0 Å². The standard InChI is InChI=1S/C11H18O2/c1-3-5-7-11(4-2)8-6-10(12)13-9-11/h6,8H,3-5,7,9H2,1-2H3. The number of rotatable bonds is 4. The van der Waals surface area contributed by atoms with Gasteiger partial charge in [0, 0.05) is 11.5 Å². The average molecular weight is 182 g/mol. The summed E-state index contributed by atoms with van der Waals surface area (Å²) in [5, 5.41) is 0. The molecule has 1 rings (SSSR count). The summed E-state index contributed by atoms with van der Waals surface area (Å²) in [6.07, 6.45) is 8.19. The summed E-state index contributed by atoms with van der Waals surface area (Å²) in [7, 11) is 0. The highest BCUT2D eigenvalue weighted by molar-refractivity contribution is 5.82. The molecule has 0 aromatic carbocycles. The molecule has 0 aliphatic carbocycles. The van der Waals surface area contributed by atoms with Crippen LogP contribution in [0.2, 0.25) is 0 Å². The average Bonchev–Trinajstić information content (AvgIpc) is 2.18. The molecule has 2 heteroatoms. The lowest BCUT2D eigenvalue weighted by Gasteiger charge is -2.31. The molecule has 0 radical (unpaired) electrons. The maximum atomic E-state index is 10.8. The molecule has 0 amide bonds. The molecule has 0 aromatic rings. The van der Waals surface area contributed by atoms with Crippen molar-refractivity contribution in [2.24, 2.45) is 5.41 Å². The van der Waals surface area contributed by atoms with E-state index < -0.39 is 0 Å². The van der Waals surface area contributed by atoms with Crippen molar-refractivity contribution in [3.63, 3.8) is 0 Å². The van der Waals surface area contributed by atoms with Gasteiger partial charge in [0.1, 0.15) is 6.61 Å².